The van der Waals surface area contributed by atoms with Crippen LogP contribution in [0, 0.1) is 0 Å². The van der Waals surface area contributed by atoms with Gasteiger partial charge in [-0.05, 0) is 46.0 Å². The number of benzene rings is 5. The van der Waals surface area contributed by atoms with Gasteiger partial charge in [0.05, 0.1) is 0 Å². The first-order valence-electron chi connectivity index (χ1n) is 12.3. The predicted molar refractivity (Wildman–Crippen MR) is 147 cm³/mol. The number of rotatable bonds is 2. The highest BCUT2D eigenvalue weighted by molar-refractivity contribution is 6.13. The van der Waals surface area contributed by atoms with Gasteiger partial charge in [-0.3, -0.25) is 4.79 Å². The van der Waals surface area contributed by atoms with Crippen molar-refractivity contribution < 1.29 is 9.21 Å². The molecule has 1 aromatic heterocycles. The van der Waals surface area contributed by atoms with Gasteiger partial charge in [0.25, 0.3) is 0 Å². The summed E-state index contributed by atoms with van der Waals surface area (Å²) in [5, 5.41) is 2.26. The van der Waals surface area contributed by atoms with Gasteiger partial charge in [-0.1, -0.05) is 105 Å². The molecule has 2 nitrogen and oxygen atoms in total. The molecule has 0 bridgehead atoms. The summed E-state index contributed by atoms with van der Waals surface area (Å²) < 4.78 is 6.29. The molecule has 0 radical (unpaired) electrons. The Morgan fingerprint density at radius 3 is 2.14 bits per heavy atom. The van der Waals surface area contributed by atoms with Gasteiger partial charge in [0.15, 0.2) is 5.78 Å². The molecule has 0 fully saturated rings. The molecule has 5 aromatic carbocycles. The highest BCUT2D eigenvalue weighted by Gasteiger charge is 2.36. The lowest BCUT2D eigenvalue weighted by Crippen LogP contribution is -2.30. The quantitative estimate of drug-likeness (QED) is 0.256. The second-order valence-corrected chi connectivity index (χ2v) is 10.1. The fourth-order valence-electron chi connectivity index (χ4n) is 5.80. The topological polar surface area (TPSA) is 30.2 Å². The van der Waals surface area contributed by atoms with Crippen molar-refractivity contribution in [2.75, 3.05) is 0 Å². The minimum absolute atomic E-state index is 0.108. The summed E-state index contributed by atoms with van der Waals surface area (Å²) in [7, 11) is 0. The van der Waals surface area contributed by atoms with Crippen molar-refractivity contribution in [3.8, 4) is 22.3 Å². The van der Waals surface area contributed by atoms with E-state index in [2.05, 4.69) is 80.6 Å². The van der Waals surface area contributed by atoms with Crippen molar-refractivity contribution >= 4 is 27.7 Å². The van der Waals surface area contributed by atoms with E-state index in [0.717, 1.165) is 66.4 Å². The Hall–Kier alpha value is -4.43. The zero-order valence-corrected chi connectivity index (χ0v) is 20.2. The number of furan rings is 1. The lowest BCUT2D eigenvalue weighted by Gasteiger charge is -2.34. The summed E-state index contributed by atoms with van der Waals surface area (Å²) in [6.07, 6.45) is 0. The molecule has 0 saturated carbocycles. The van der Waals surface area contributed by atoms with Crippen LogP contribution in [0.5, 0.6) is 0 Å². The third kappa shape index (κ3) is 2.94. The molecule has 0 saturated heterocycles. The molecule has 6 aromatic rings. The minimum Gasteiger partial charge on any atom is -0.455 e. The molecule has 172 valence electrons. The van der Waals surface area contributed by atoms with E-state index in [1.54, 1.807) is 0 Å². The Bertz CT molecular complexity index is 1830. The molecule has 0 unspecified atom stereocenters. The molecule has 0 amide bonds. The third-order valence-electron chi connectivity index (χ3n) is 7.69. The Kier molecular flexibility index (Phi) is 4.37. The van der Waals surface area contributed by atoms with E-state index in [1.807, 2.05) is 42.5 Å². The van der Waals surface area contributed by atoms with E-state index >= 15 is 0 Å². The number of carbonyl (C=O) groups is 1. The van der Waals surface area contributed by atoms with Crippen LogP contribution in [-0.4, -0.2) is 5.78 Å². The highest BCUT2D eigenvalue weighted by Crippen LogP contribution is 2.43. The number of hydrogen-bond donors (Lipinski definition) is 0. The largest absolute Gasteiger partial charge is 0.455 e. The highest BCUT2D eigenvalue weighted by atomic mass is 16.3. The van der Waals surface area contributed by atoms with Gasteiger partial charge in [-0.25, -0.2) is 0 Å². The number of hydrogen-bond acceptors (Lipinski definition) is 2. The third-order valence-corrected chi connectivity index (χ3v) is 7.69. The van der Waals surface area contributed by atoms with Crippen molar-refractivity contribution in [2.45, 2.75) is 19.3 Å². The summed E-state index contributed by atoms with van der Waals surface area (Å²) in [4.78, 5) is 13.3. The maximum Gasteiger partial charge on any atom is 0.193 e. The maximum atomic E-state index is 13.3. The van der Waals surface area contributed by atoms with Crippen molar-refractivity contribution in [3.05, 3.63) is 131 Å². The normalized spacial score (nSPS) is 14.1. The van der Waals surface area contributed by atoms with E-state index in [0.29, 0.717) is 0 Å². The van der Waals surface area contributed by atoms with Gasteiger partial charge in [-0.2, -0.15) is 0 Å². The molecule has 1 heterocycles. The average molecular weight is 465 g/mol. The van der Waals surface area contributed by atoms with E-state index in [4.69, 9.17) is 4.42 Å². The zero-order valence-electron chi connectivity index (χ0n) is 20.2. The van der Waals surface area contributed by atoms with E-state index in [1.165, 1.54) is 0 Å². The average Bonchev–Trinajstić information content (AvgIpc) is 3.31. The first-order chi connectivity index (χ1) is 17.5. The Morgan fingerprint density at radius 2 is 1.22 bits per heavy atom. The molecule has 7 rings (SSSR count). The molecule has 0 atom stereocenters. The zero-order chi connectivity index (χ0) is 24.4. The Labute approximate surface area is 209 Å². The first kappa shape index (κ1) is 20.9. The van der Waals surface area contributed by atoms with Gasteiger partial charge >= 0.3 is 0 Å². The van der Waals surface area contributed by atoms with Gasteiger partial charge < -0.3 is 4.42 Å². The second kappa shape index (κ2) is 7.53. The smallest absolute Gasteiger partial charge is 0.193 e. The van der Waals surface area contributed by atoms with Crippen LogP contribution in [0.25, 0.3) is 44.2 Å². The molecule has 36 heavy (non-hydrogen) atoms. The molecule has 0 aliphatic heterocycles. The summed E-state index contributed by atoms with van der Waals surface area (Å²) in [5.41, 5.74) is 9.73. The molecular formula is C34H24O2. The van der Waals surface area contributed by atoms with Crippen molar-refractivity contribution in [3.63, 3.8) is 0 Å². The van der Waals surface area contributed by atoms with E-state index in [-0.39, 0.29) is 11.2 Å². The minimum atomic E-state index is -0.257. The molecule has 1 aliphatic carbocycles. The van der Waals surface area contributed by atoms with Gasteiger partial charge in [0.1, 0.15) is 11.2 Å². The number of ketones is 1. The lowest BCUT2D eigenvalue weighted by molar-refractivity contribution is 0.103. The fraction of sp³-hybridized carbons (Fsp3) is 0.0882. The van der Waals surface area contributed by atoms with E-state index < -0.39 is 0 Å². The summed E-state index contributed by atoms with van der Waals surface area (Å²) in [6, 6.07) is 37.3. The molecule has 0 N–H and O–H groups in total. The van der Waals surface area contributed by atoms with E-state index in [9.17, 15) is 4.79 Å². The van der Waals surface area contributed by atoms with Gasteiger partial charge in [-0.15, -0.1) is 0 Å². The maximum absolute atomic E-state index is 13.3. The molecule has 1 aliphatic rings. The molecule has 2 heteroatoms. The summed E-state index contributed by atoms with van der Waals surface area (Å²) >= 11 is 0. The van der Waals surface area contributed by atoms with Crippen molar-refractivity contribution in [2.24, 2.45) is 0 Å². The second-order valence-electron chi connectivity index (χ2n) is 10.1. The van der Waals surface area contributed by atoms with Crippen LogP contribution in [0.15, 0.2) is 114 Å². The van der Waals surface area contributed by atoms with Crippen LogP contribution < -0.4 is 0 Å². The monoisotopic (exact) mass is 464 g/mol. The van der Waals surface area contributed by atoms with Crippen LogP contribution >= 0.6 is 0 Å². The summed E-state index contributed by atoms with van der Waals surface area (Å²) in [5.74, 6) is 0.108. The van der Waals surface area contributed by atoms with Crippen LogP contribution in [0.1, 0.15) is 40.9 Å². The predicted octanol–water partition coefficient (Wildman–Crippen LogP) is 8.79. The SMILES string of the molecule is CC1(C)c2ccccc2C(=O)c2ccc(-c3cccc(-c4cccc5c4oc4ccccc45)c3)cc21. The van der Waals surface area contributed by atoms with Gasteiger partial charge in [0.2, 0.25) is 0 Å². The Balaban J connectivity index is 1.37. The van der Waals surface area contributed by atoms with Crippen LogP contribution in [0.4, 0.5) is 0 Å². The van der Waals surface area contributed by atoms with Crippen molar-refractivity contribution in [1.82, 2.24) is 0 Å². The fourth-order valence-corrected chi connectivity index (χ4v) is 5.80. The summed E-state index contributed by atoms with van der Waals surface area (Å²) in [6.45, 7) is 4.42. The molecular weight excluding hydrogens is 440 g/mol. The van der Waals surface area contributed by atoms with Crippen molar-refractivity contribution in [1.29, 1.82) is 0 Å². The van der Waals surface area contributed by atoms with Crippen LogP contribution in [0.3, 0.4) is 0 Å². The number of para-hydroxylation sites is 2. The number of fused-ring (bicyclic) bond motifs is 5. The number of carbonyl (C=O) groups excluding carboxylic acids is 1. The van der Waals surface area contributed by atoms with Crippen LogP contribution in [0.2, 0.25) is 0 Å². The molecule has 0 spiro atoms. The lowest BCUT2D eigenvalue weighted by atomic mass is 9.68. The first-order valence-corrected chi connectivity index (χ1v) is 12.3. The van der Waals surface area contributed by atoms with Crippen LogP contribution in [-0.2, 0) is 5.41 Å². The standard InChI is InChI=1S/C34H24O2/c1-34(2)29-15-5-3-12-27(29)32(35)28-18-17-22(20-30(28)34)21-9-7-10-23(19-21)24-13-8-14-26-25-11-4-6-16-31(25)36-33(24)26/h3-20H,1-2H3. The van der Waals surface area contributed by atoms with Gasteiger partial charge in [0, 0.05) is 32.9 Å². The Morgan fingerprint density at radius 1 is 0.556 bits per heavy atom.